The number of likely N-dealkylation sites (tertiary alicyclic amines) is 1. The maximum Gasteiger partial charge on any atom is 0.128 e. The minimum Gasteiger partial charge on any atom is -0.299 e. The normalized spacial score (nSPS) is 23.1. The zero-order chi connectivity index (χ0) is 13.3. The van der Waals surface area contributed by atoms with E-state index >= 15 is 0 Å². The van der Waals surface area contributed by atoms with Gasteiger partial charge in [-0.15, -0.1) is 0 Å². The predicted octanol–water partition coefficient (Wildman–Crippen LogP) is 4.74. The van der Waals surface area contributed by atoms with E-state index in [-0.39, 0.29) is 5.82 Å². The third kappa shape index (κ3) is 3.03. The van der Waals surface area contributed by atoms with E-state index in [4.69, 9.17) is 0 Å². The molecule has 1 nitrogen and oxygen atoms in total. The third-order valence-corrected chi connectivity index (χ3v) is 5.48. The fourth-order valence-electron chi connectivity index (χ4n) is 3.70. The van der Waals surface area contributed by atoms with Crippen LogP contribution in [0.5, 0.6) is 0 Å². The van der Waals surface area contributed by atoms with Gasteiger partial charge in [0.2, 0.25) is 0 Å². The van der Waals surface area contributed by atoms with E-state index < -0.39 is 0 Å². The topological polar surface area (TPSA) is 3.24 Å². The Morgan fingerprint density at radius 3 is 2.42 bits per heavy atom. The van der Waals surface area contributed by atoms with Crippen molar-refractivity contribution >= 4 is 15.9 Å². The summed E-state index contributed by atoms with van der Waals surface area (Å²) >= 11 is 3.31. The highest BCUT2D eigenvalue weighted by Crippen LogP contribution is 2.46. The molecule has 0 N–H and O–H groups in total. The molecule has 0 unspecified atom stereocenters. The van der Waals surface area contributed by atoms with Crippen LogP contribution in [0.1, 0.15) is 44.1 Å². The van der Waals surface area contributed by atoms with E-state index in [0.717, 1.165) is 29.7 Å². The van der Waals surface area contributed by atoms with Gasteiger partial charge in [-0.3, -0.25) is 4.90 Å². The Hall–Kier alpha value is -0.410. The van der Waals surface area contributed by atoms with Crippen LogP contribution in [-0.4, -0.2) is 18.0 Å². The standard InChI is InChI=1S/C16H21BrFN/c17-14-4-3-13(15(18)11-14)12-19-9-7-16(8-10-19)5-1-2-6-16/h3-4,11H,1-2,5-10,12H2. The molecule has 104 valence electrons. The molecule has 1 aliphatic heterocycles. The number of halogens is 2. The van der Waals surface area contributed by atoms with Crippen molar-refractivity contribution in [2.75, 3.05) is 13.1 Å². The second-order valence-corrected chi connectivity index (χ2v) is 7.13. The van der Waals surface area contributed by atoms with Crippen molar-refractivity contribution in [3.05, 3.63) is 34.1 Å². The van der Waals surface area contributed by atoms with Gasteiger partial charge in [-0.1, -0.05) is 34.8 Å². The SMILES string of the molecule is Fc1cc(Br)ccc1CN1CCC2(CCCC2)CC1. The van der Waals surface area contributed by atoms with Crippen molar-refractivity contribution in [1.29, 1.82) is 0 Å². The fourth-order valence-corrected chi connectivity index (χ4v) is 4.03. The first-order chi connectivity index (χ1) is 9.17. The molecule has 1 aliphatic carbocycles. The highest BCUT2D eigenvalue weighted by Gasteiger charge is 2.36. The Bertz CT molecular complexity index is 444. The lowest BCUT2D eigenvalue weighted by Crippen LogP contribution is -2.38. The van der Waals surface area contributed by atoms with E-state index in [0.29, 0.717) is 5.41 Å². The average molecular weight is 326 g/mol. The van der Waals surface area contributed by atoms with Crippen molar-refractivity contribution in [3.8, 4) is 0 Å². The average Bonchev–Trinajstić information content (AvgIpc) is 2.84. The largest absolute Gasteiger partial charge is 0.299 e. The van der Waals surface area contributed by atoms with Crippen LogP contribution in [0.3, 0.4) is 0 Å². The molecule has 0 atom stereocenters. The van der Waals surface area contributed by atoms with Crippen LogP contribution in [0, 0.1) is 11.2 Å². The van der Waals surface area contributed by atoms with Crippen molar-refractivity contribution in [1.82, 2.24) is 4.90 Å². The number of nitrogens with zero attached hydrogens (tertiary/aromatic N) is 1. The number of hydrogen-bond donors (Lipinski definition) is 0. The second kappa shape index (κ2) is 5.53. The second-order valence-electron chi connectivity index (χ2n) is 6.22. The third-order valence-electron chi connectivity index (χ3n) is 4.99. The summed E-state index contributed by atoms with van der Waals surface area (Å²) in [4.78, 5) is 2.41. The molecule has 2 aliphatic rings. The summed E-state index contributed by atoms with van der Waals surface area (Å²) in [6.07, 6.45) is 8.31. The molecule has 19 heavy (non-hydrogen) atoms. The Kier molecular flexibility index (Phi) is 3.95. The highest BCUT2D eigenvalue weighted by atomic mass is 79.9. The maximum absolute atomic E-state index is 13.8. The summed E-state index contributed by atoms with van der Waals surface area (Å²) in [5.74, 6) is -0.0875. The van der Waals surface area contributed by atoms with Crippen LogP contribution in [0.4, 0.5) is 4.39 Å². The first-order valence-electron chi connectivity index (χ1n) is 7.33. The number of benzene rings is 1. The van der Waals surface area contributed by atoms with Gasteiger partial charge in [0, 0.05) is 16.6 Å². The summed E-state index contributed by atoms with van der Waals surface area (Å²) in [7, 11) is 0. The molecular formula is C16H21BrFN. The summed E-state index contributed by atoms with van der Waals surface area (Å²) < 4.78 is 14.7. The smallest absolute Gasteiger partial charge is 0.128 e. The monoisotopic (exact) mass is 325 g/mol. The van der Waals surface area contributed by atoms with E-state index in [1.54, 1.807) is 6.07 Å². The van der Waals surface area contributed by atoms with Crippen LogP contribution < -0.4 is 0 Å². The molecule has 2 fully saturated rings. The number of piperidine rings is 1. The minimum absolute atomic E-state index is 0.0875. The quantitative estimate of drug-likeness (QED) is 0.758. The maximum atomic E-state index is 13.8. The molecule has 1 aromatic carbocycles. The van der Waals surface area contributed by atoms with E-state index in [1.165, 1.54) is 38.5 Å². The molecule has 0 radical (unpaired) electrons. The molecule has 3 heteroatoms. The summed E-state index contributed by atoms with van der Waals surface area (Å²) in [5.41, 5.74) is 1.47. The Balaban J connectivity index is 1.60. The van der Waals surface area contributed by atoms with E-state index in [2.05, 4.69) is 20.8 Å². The van der Waals surface area contributed by atoms with Crippen LogP contribution in [-0.2, 0) is 6.54 Å². The van der Waals surface area contributed by atoms with Crippen molar-refractivity contribution in [2.24, 2.45) is 5.41 Å². The molecule has 0 aromatic heterocycles. The molecular weight excluding hydrogens is 305 g/mol. The van der Waals surface area contributed by atoms with Gasteiger partial charge >= 0.3 is 0 Å². The molecule has 1 heterocycles. The van der Waals surface area contributed by atoms with Gasteiger partial charge in [0.25, 0.3) is 0 Å². The lowest BCUT2D eigenvalue weighted by Gasteiger charge is -2.39. The molecule has 0 amide bonds. The zero-order valence-electron chi connectivity index (χ0n) is 11.3. The van der Waals surface area contributed by atoms with Gasteiger partial charge < -0.3 is 0 Å². The summed E-state index contributed by atoms with van der Waals surface area (Å²) in [6, 6.07) is 5.40. The Labute approximate surface area is 123 Å². The summed E-state index contributed by atoms with van der Waals surface area (Å²) in [6.45, 7) is 3.03. The van der Waals surface area contributed by atoms with Crippen LogP contribution in [0.15, 0.2) is 22.7 Å². The van der Waals surface area contributed by atoms with Crippen LogP contribution >= 0.6 is 15.9 Å². The highest BCUT2D eigenvalue weighted by molar-refractivity contribution is 9.10. The molecule has 1 saturated carbocycles. The lowest BCUT2D eigenvalue weighted by molar-refractivity contribution is 0.103. The zero-order valence-corrected chi connectivity index (χ0v) is 12.9. The Morgan fingerprint density at radius 2 is 1.79 bits per heavy atom. The van der Waals surface area contributed by atoms with E-state index in [1.807, 2.05) is 12.1 Å². The Morgan fingerprint density at radius 1 is 1.11 bits per heavy atom. The molecule has 1 spiro atoms. The summed E-state index contributed by atoms with van der Waals surface area (Å²) in [5, 5.41) is 0. The molecule has 3 rings (SSSR count). The van der Waals surface area contributed by atoms with Gasteiger partial charge in [-0.25, -0.2) is 4.39 Å². The van der Waals surface area contributed by atoms with Gasteiger partial charge in [-0.2, -0.15) is 0 Å². The molecule has 1 aromatic rings. The van der Waals surface area contributed by atoms with Gasteiger partial charge in [0.15, 0.2) is 0 Å². The first kappa shape index (κ1) is 13.6. The van der Waals surface area contributed by atoms with Crippen molar-refractivity contribution in [2.45, 2.75) is 45.1 Å². The van der Waals surface area contributed by atoms with Crippen molar-refractivity contribution in [3.63, 3.8) is 0 Å². The van der Waals surface area contributed by atoms with Gasteiger partial charge in [-0.05, 0) is 56.3 Å². The number of hydrogen-bond acceptors (Lipinski definition) is 1. The molecule has 1 saturated heterocycles. The van der Waals surface area contributed by atoms with Gasteiger partial charge in [0.1, 0.15) is 5.82 Å². The fraction of sp³-hybridized carbons (Fsp3) is 0.625. The first-order valence-corrected chi connectivity index (χ1v) is 8.13. The van der Waals surface area contributed by atoms with Crippen LogP contribution in [0.2, 0.25) is 0 Å². The lowest BCUT2D eigenvalue weighted by atomic mass is 9.77. The number of rotatable bonds is 2. The van der Waals surface area contributed by atoms with Gasteiger partial charge in [0.05, 0.1) is 0 Å². The van der Waals surface area contributed by atoms with Crippen LogP contribution in [0.25, 0.3) is 0 Å². The minimum atomic E-state index is -0.0875. The van der Waals surface area contributed by atoms with Crippen molar-refractivity contribution < 1.29 is 4.39 Å². The molecule has 0 bridgehead atoms. The predicted molar refractivity (Wildman–Crippen MR) is 79.5 cm³/mol. The van der Waals surface area contributed by atoms with E-state index in [9.17, 15) is 4.39 Å².